The lowest BCUT2D eigenvalue weighted by Gasteiger charge is -2.46. The largest absolute Gasteiger partial charge is 0.351 e. The first kappa shape index (κ1) is 21.7. The molecule has 2 saturated heterocycles. The maximum atomic E-state index is 11.5. The molecule has 0 amide bonds. The van der Waals surface area contributed by atoms with E-state index in [9.17, 15) is 4.79 Å². The average Bonchev–Trinajstić information content (AvgIpc) is 3.14. The van der Waals surface area contributed by atoms with Crippen molar-refractivity contribution < 1.29 is 0 Å². The molecule has 2 aromatic heterocycles. The number of aromatic nitrogens is 4. The Labute approximate surface area is 196 Å². The van der Waals surface area contributed by atoms with Crippen LogP contribution in [0, 0.1) is 0 Å². The number of halogens is 2. The van der Waals surface area contributed by atoms with E-state index in [2.05, 4.69) is 53.7 Å². The second kappa shape index (κ2) is 9.02. The van der Waals surface area contributed by atoms with Crippen molar-refractivity contribution in [3.63, 3.8) is 0 Å². The number of nitrogens with one attached hydrogen (secondary N) is 2. The number of imidazole rings is 1. The van der Waals surface area contributed by atoms with Gasteiger partial charge in [-0.25, -0.2) is 14.8 Å². The van der Waals surface area contributed by atoms with Crippen molar-refractivity contribution in [2.24, 2.45) is 0 Å². The normalized spacial score (nSPS) is 21.5. The lowest BCUT2D eigenvalue weighted by molar-refractivity contribution is 0.0690. The molecule has 0 spiro atoms. The molecule has 1 aromatic carbocycles. The van der Waals surface area contributed by atoms with Crippen LogP contribution in [0.25, 0.3) is 11.3 Å². The molecule has 2 N–H and O–H groups in total. The molecule has 0 aliphatic carbocycles. The van der Waals surface area contributed by atoms with E-state index in [-0.39, 0.29) is 5.69 Å². The van der Waals surface area contributed by atoms with Crippen LogP contribution in [0.1, 0.15) is 25.3 Å². The molecule has 10 heteroatoms. The molecule has 0 bridgehead atoms. The van der Waals surface area contributed by atoms with Gasteiger partial charge in [0, 0.05) is 43.3 Å². The first-order valence-corrected chi connectivity index (χ1v) is 11.8. The molecule has 0 saturated carbocycles. The Balaban J connectivity index is 1.19. The molecule has 2 aliphatic heterocycles. The van der Waals surface area contributed by atoms with E-state index in [4.69, 9.17) is 23.2 Å². The fourth-order valence-electron chi connectivity index (χ4n) is 4.99. The molecule has 8 nitrogen and oxygen atoms in total. The minimum absolute atomic E-state index is 0.323. The highest BCUT2D eigenvalue weighted by atomic mass is 35.5. The number of nitrogens with zero attached hydrogens (tertiary/aromatic N) is 5. The minimum atomic E-state index is -0.325. The maximum absolute atomic E-state index is 11.5. The Morgan fingerprint density at radius 3 is 2.38 bits per heavy atom. The fraction of sp³-hybridized carbons (Fsp3) is 0.500. The van der Waals surface area contributed by atoms with Crippen LogP contribution in [0.15, 0.2) is 29.1 Å². The Kier molecular flexibility index (Phi) is 6.11. The summed E-state index contributed by atoms with van der Waals surface area (Å²) in [7, 11) is 0. The average molecular weight is 476 g/mol. The summed E-state index contributed by atoms with van der Waals surface area (Å²) in [6.07, 6.45) is 2.35. The van der Waals surface area contributed by atoms with Gasteiger partial charge in [0.1, 0.15) is 0 Å². The predicted molar refractivity (Wildman–Crippen MR) is 128 cm³/mol. The zero-order chi connectivity index (χ0) is 22.2. The second-order valence-electron chi connectivity index (χ2n) is 8.78. The van der Waals surface area contributed by atoms with Crippen LogP contribution < -0.4 is 10.6 Å². The van der Waals surface area contributed by atoms with Gasteiger partial charge in [0.2, 0.25) is 0 Å². The smallest absolute Gasteiger partial charge is 0.326 e. The molecule has 2 fully saturated rings. The molecule has 32 heavy (non-hydrogen) atoms. The number of piperazine rings is 1. The van der Waals surface area contributed by atoms with E-state index < -0.39 is 0 Å². The number of aromatic amines is 2. The van der Waals surface area contributed by atoms with Crippen LogP contribution in [0.3, 0.4) is 0 Å². The highest BCUT2D eigenvalue weighted by Crippen LogP contribution is 2.28. The number of benzene rings is 1. The number of hydrogen-bond donors (Lipinski definition) is 2. The molecule has 2 aliphatic rings. The number of rotatable bonds is 4. The fourth-order valence-corrected chi connectivity index (χ4v) is 5.36. The molecule has 5 rings (SSSR count). The van der Waals surface area contributed by atoms with Crippen molar-refractivity contribution >= 4 is 40.3 Å². The highest BCUT2D eigenvalue weighted by Gasteiger charge is 2.33. The standard InChI is InChI=1S/C22H27Cl2N7O/c1-14-12-30(21-18(24)25-19-20(26-21)28-22(32)27-19)10-11-31(14)17-6-8-29(9-7-17)13-15-2-4-16(23)5-3-15/h2-5,14,17H,6-13H2,1H3,(H2,25,26,27,28,32). The van der Waals surface area contributed by atoms with Crippen LogP contribution in [-0.2, 0) is 6.54 Å². The summed E-state index contributed by atoms with van der Waals surface area (Å²) in [6, 6.07) is 9.14. The van der Waals surface area contributed by atoms with Gasteiger partial charge in [0.25, 0.3) is 0 Å². The van der Waals surface area contributed by atoms with Crippen LogP contribution in [0.2, 0.25) is 10.2 Å². The molecule has 0 radical (unpaired) electrons. The minimum Gasteiger partial charge on any atom is -0.351 e. The monoisotopic (exact) mass is 475 g/mol. The van der Waals surface area contributed by atoms with Gasteiger partial charge in [0.05, 0.1) is 0 Å². The van der Waals surface area contributed by atoms with Crippen LogP contribution >= 0.6 is 23.2 Å². The summed E-state index contributed by atoms with van der Waals surface area (Å²) < 4.78 is 0. The lowest BCUT2D eigenvalue weighted by Crippen LogP contribution is -2.57. The van der Waals surface area contributed by atoms with Gasteiger partial charge >= 0.3 is 5.69 Å². The third-order valence-corrected chi connectivity index (χ3v) is 7.13. The summed E-state index contributed by atoms with van der Waals surface area (Å²) in [6.45, 7) is 8.09. The first-order valence-electron chi connectivity index (χ1n) is 11.1. The van der Waals surface area contributed by atoms with E-state index in [1.807, 2.05) is 12.1 Å². The van der Waals surface area contributed by atoms with Gasteiger partial charge in [-0.05, 0) is 50.6 Å². The Hall–Kier alpha value is -2.13. The first-order chi connectivity index (χ1) is 15.5. The zero-order valence-corrected chi connectivity index (χ0v) is 19.5. The van der Waals surface area contributed by atoms with Gasteiger partial charge in [-0.15, -0.1) is 0 Å². The molecule has 4 heterocycles. The number of piperidine rings is 1. The maximum Gasteiger partial charge on any atom is 0.326 e. The van der Waals surface area contributed by atoms with Gasteiger partial charge in [0.15, 0.2) is 22.3 Å². The van der Waals surface area contributed by atoms with E-state index >= 15 is 0 Å². The Morgan fingerprint density at radius 2 is 1.69 bits per heavy atom. The van der Waals surface area contributed by atoms with Crippen molar-refractivity contribution in [2.75, 3.05) is 37.6 Å². The van der Waals surface area contributed by atoms with Gasteiger partial charge in [-0.3, -0.25) is 19.8 Å². The van der Waals surface area contributed by atoms with Crippen molar-refractivity contribution in [2.45, 2.75) is 38.4 Å². The number of fused-ring (bicyclic) bond motifs is 1. The van der Waals surface area contributed by atoms with Crippen molar-refractivity contribution in [1.82, 2.24) is 29.7 Å². The lowest BCUT2D eigenvalue weighted by atomic mass is 9.99. The van der Waals surface area contributed by atoms with Gasteiger partial charge in [-0.1, -0.05) is 35.3 Å². The van der Waals surface area contributed by atoms with Gasteiger partial charge < -0.3 is 4.90 Å². The van der Waals surface area contributed by atoms with E-state index in [0.29, 0.717) is 34.3 Å². The van der Waals surface area contributed by atoms with Crippen molar-refractivity contribution in [3.8, 4) is 0 Å². The number of hydrogen-bond acceptors (Lipinski definition) is 6. The van der Waals surface area contributed by atoms with E-state index in [1.165, 1.54) is 18.4 Å². The SMILES string of the molecule is CC1CN(c2nc3[nH]c(=O)[nH]c3nc2Cl)CCN1C1CCN(Cc2ccc(Cl)cc2)CC1. The summed E-state index contributed by atoms with van der Waals surface area (Å²) in [4.78, 5) is 33.0. The molecule has 3 aromatic rings. The van der Waals surface area contributed by atoms with E-state index in [1.54, 1.807) is 0 Å². The number of H-pyrrole nitrogens is 2. The summed E-state index contributed by atoms with van der Waals surface area (Å²) in [5, 5.41) is 1.11. The Bertz CT molecular complexity index is 1140. The molecule has 170 valence electrons. The predicted octanol–water partition coefficient (Wildman–Crippen LogP) is 3.13. The number of anilines is 1. The third kappa shape index (κ3) is 4.50. The van der Waals surface area contributed by atoms with Crippen molar-refractivity contribution in [1.29, 1.82) is 0 Å². The second-order valence-corrected chi connectivity index (χ2v) is 9.58. The Morgan fingerprint density at radius 1 is 1.00 bits per heavy atom. The molecular formula is C22H27Cl2N7O. The van der Waals surface area contributed by atoms with Crippen LogP contribution in [0.4, 0.5) is 5.82 Å². The van der Waals surface area contributed by atoms with Crippen LogP contribution in [-0.4, -0.2) is 74.5 Å². The van der Waals surface area contributed by atoms with Crippen molar-refractivity contribution in [3.05, 3.63) is 50.5 Å². The summed E-state index contributed by atoms with van der Waals surface area (Å²) in [5.74, 6) is 0.638. The molecular weight excluding hydrogens is 449 g/mol. The quantitative estimate of drug-likeness (QED) is 0.602. The summed E-state index contributed by atoms with van der Waals surface area (Å²) >= 11 is 12.4. The molecule has 1 atom stereocenters. The van der Waals surface area contributed by atoms with Crippen LogP contribution in [0.5, 0.6) is 0 Å². The van der Waals surface area contributed by atoms with E-state index in [0.717, 1.165) is 44.3 Å². The topological polar surface area (TPSA) is 84.1 Å². The zero-order valence-electron chi connectivity index (χ0n) is 18.0. The summed E-state index contributed by atoms with van der Waals surface area (Å²) in [5.41, 5.74) is 1.82. The molecule has 1 unspecified atom stereocenters. The third-order valence-electron chi connectivity index (χ3n) is 6.62. The highest BCUT2D eigenvalue weighted by molar-refractivity contribution is 6.32. The van der Waals surface area contributed by atoms with Gasteiger partial charge in [-0.2, -0.15) is 0 Å². The number of likely N-dealkylation sites (tertiary alicyclic amines) is 1.